The maximum atomic E-state index is 12.4. The summed E-state index contributed by atoms with van der Waals surface area (Å²) in [6, 6.07) is 16.1. The van der Waals surface area contributed by atoms with Crippen LogP contribution in [-0.4, -0.2) is 92.1 Å². The van der Waals surface area contributed by atoms with E-state index in [-0.39, 0.29) is 6.03 Å². The summed E-state index contributed by atoms with van der Waals surface area (Å²) in [5, 5.41) is 5.86. The van der Waals surface area contributed by atoms with Crippen molar-refractivity contribution in [3.63, 3.8) is 0 Å². The zero-order valence-electron chi connectivity index (χ0n) is 19.4. The molecule has 2 aliphatic heterocycles. The van der Waals surface area contributed by atoms with Gasteiger partial charge in [-0.1, -0.05) is 24.3 Å². The Kier molecular flexibility index (Phi) is 7.76. The van der Waals surface area contributed by atoms with Gasteiger partial charge in [0.25, 0.3) is 0 Å². The van der Waals surface area contributed by atoms with Crippen LogP contribution in [0.15, 0.2) is 48.5 Å². The minimum Gasteiger partial charge on any atom is -0.308 e. The predicted molar refractivity (Wildman–Crippen MR) is 131 cm³/mol. The lowest BCUT2D eigenvalue weighted by Crippen LogP contribution is -2.43. The molecule has 0 unspecified atom stereocenters. The van der Waals surface area contributed by atoms with E-state index in [4.69, 9.17) is 0 Å². The largest absolute Gasteiger partial charge is 0.323 e. The van der Waals surface area contributed by atoms with Crippen LogP contribution in [0.2, 0.25) is 0 Å². The summed E-state index contributed by atoms with van der Waals surface area (Å²) in [6.07, 6.45) is 0. The molecule has 2 aliphatic rings. The van der Waals surface area contributed by atoms with Crippen LogP contribution >= 0.6 is 0 Å². The van der Waals surface area contributed by atoms with Gasteiger partial charge in [0.1, 0.15) is 0 Å². The van der Waals surface area contributed by atoms with E-state index in [1.165, 1.54) is 11.1 Å². The average Bonchev–Trinajstić information content (AvgIpc) is 2.79. The Morgan fingerprint density at radius 2 is 0.969 bits per heavy atom. The smallest absolute Gasteiger partial charge is 0.308 e. The van der Waals surface area contributed by atoms with Crippen LogP contribution in [0.5, 0.6) is 0 Å². The van der Waals surface area contributed by atoms with Gasteiger partial charge >= 0.3 is 6.03 Å². The molecule has 2 N–H and O–H groups in total. The highest BCUT2D eigenvalue weighted by Gasteiger charge is 2.15. The van der Waals surface area contributed by atoms with E-state index >= 15 is 0 Å². The molecule has 7 heteroatoms. The monoisotopic (exact) mass is 436 g/mol. The maximum Gasteiger partial charge on any atom is 0.323 e. The second-order valence-corrected chi connectivity index (χ2v) is 9.13. The summed E-state index contributed by atoms with van der Waals surface area (Å²) >= 11 is 0. The van der Waals surface area contributed by atoms with Gasteiger partial charge in [0.05, 0.1) is 0 Å². The van der Waals surface area contributed by atoms with E-state index in [1.54, 1.807) is 0 Å². The van der Waals surface area contributed by atoms with Gasteiger partial charge in [-0.15, -0.1) is 0 Å². The number of hydrogen-bond acceptors (Lipinski definition) is 5. The standard InChI is InChI=1S/C25H36N6O/c1-28-11-15-30(16-12-28)19-21-3-7-23(8-4-21)26-25(32)27-24-9-5-22(6-10-24)20-31-17-13-29(2)14-18-31/h3-10H,11-20H2,1-2H3,(H2,26,27,32). The third-order valence-electron chi connectivity index (χ3n) is 6.43. The van der Waals surface area contributed by atoms with Gasteiger partial charge in [-0.05, 0) is 49.5 Å². The first-order valence-corrected chi connectivity index (χ1v) is 11.6. The van der Waals surface area contributed by atoms with Crippen molar-refractivity contribution >= 4 is 17.4 Å². The zero-order chi connectivity index (χ0) is 22.3. The van der Waals surface area contributed by atoms with Crippen molar-refractivity contribution in [3.8, 4) is 0 Å². The van der Waals surface area contributed by atoms with Gasteiger partial charge in [0.2, 0.25) is 0 Å². The van der Waals surface area contributed by atoms with Crippen LogP contribution in [0.3, 0.4) is 0 Å². The molecule has 0 aliphatic carbocycles. The Labute approximate surface area is 192 Å². The molecular formula is C25H36N6O. The number of rotatable bonds is 6. The van der Waals surface area contributed by atoms with E-state index in [9.17, 15) is 4.79 Å². The van der Waals surface area contributed by atoms with Gasteiger partial charge in [-0.3, -0.25) is 9.80 Å². The van der Waals surface area contributed by atoms with E-state index < -0.39 is 0 Å². The fourth-order valence-electron chi connectivity index (χ4n) is 4.21. The van der Waals surface area contributed by atoms with Crippen LogP contribution in [0.25, 0.3) is 0 Å². The fraction of sp³-hybridized carbons (Fsp3) is 0.480. The lowest BCUT2D eigenvalue weighted by atomic mass is 10.1. The second kappa shape index (κ2) is 10.9. The number of hydrogen-bond donors (Lipinski definition) is 2. The molecule has 0 aromatic heterocycles. The molecule has 2 aromatic carbocycles. The number of piperazine rings is 2. The molecule has 2 fully saturated rings. The maximum absolute atomic E-state index is 12.4. The highest BCUT2D eigenvalue weighted by Crippen LogP contribution is 2.15. The zero-order valence-corrected chi connectivity index (χ0v) is 19.4. The number of urea groups is 1. The van der Waals surface area contributed by atoms with Crippen molar-refractivity contribution < 1.29 is 4.79 Å². The molecule has 0 atom stereocenters. The molecule has 0 bridgehead atoms. The lowest BCUT2D eigenvalue weighted by molar-refractivity contribution is 0.148. The van der Waals surface area contributed by atoms with Crippen molar-refractivity contribution in [1.82, 2.24) is 19.6 Å². The number of carbonyl (C=O) groups is 1. The number of carbonyl (C=O) groups excluding carboxylic acids is 1. The lowest BCUT2D eigenvalue weighted by Gasteiger charge is -2.32. The first kappa shape index (κ1) is 22.7. The first-order valence-electron chi connectivity index (χ1n) is 11.6. The number of likely N-dealkylation sites (N-methyl/N-ethyl adjacent to an activating group) is 2. The Balaban J connectivity index is 1.22. The molecule has 0 radical (unpaired) electrons. The molecular weight excluding hydrogens is 400 g/mol. The van der Waals surface area contributed by atoms with Crippen LogP contribution in [0, 0.1) is 0 Å². The van der Waals surface area contributed by atoms with Crippen molar-refractivity contribution in [2.75, 3.05) is 77.1 Å². The molecule has 0 spiro atoms. The van der Waals surface area contributed by atoms with Crippen LogP contribution in [0.1, 0.15) is 11.1 Å². The number of amides is 2. The third kappa shape index (κ3) is 6.77. The number of nitrogens with one attached hydrogen (secondary N) is 2. The highest BCUT2D eigenvalue weighted by molar-refractivity contribution is 5.99. The Hall–Kier alpha value is -2.45. The van der Waals surface area contributed by atoms with Crippen LogP contribution in [0.4, 0.5) is 16.2 Å². The summed E-state index contributed by atoms with van der Waals surface area (Å²) < 4.78 is 0. The van der Waals surface area contributed by atoms with Crippen LogP contribution < -0.4 is 10.6 Å². The molecule has 7 nitrogen and oxygen atoms in total. The van der Waals surface area contributed by atoms with Crippen molar-refractivity contribution in [2.24, 2.45) is 0 Å². The van der Waals surface area contributed by atoms with E-state index in [1.807, 2.05) is 24.3 Å². The minimum atomic E-state index is -0.219. The topological polar surface area (TPSA) is 54.1 Å². The molecule has 2 heterocycles. The predicted octanol–water partition coefficient (Wildman–Crippen LogP) is 2.83. The van der Waals surface area contributed by atoms with E-state index in [0.717, 1.165) is 76.8 Å². The van der Waals surface area contributed by atoms with Gasteiger partial charge in [0, 0.05) is 76.8 Å². The van der Waals surface area contributed by atoms with Crippen molar-refractivity contribution in [2.45, 2.75) is 13.1 Å². The molecule has 32 heavy (non-hydrogen) atoms. The summed E-state index contributed by atoms with van der Waals surface area (Å²) in [4.78, 5) is 22.1. The number of benzene rings is 2. The van der Waals surface area contributed by atoms with Gasteiger partial charge in [-0.2, -0.15) is 0 Å². The third-order valence-corrected chi connectivity index (χ3v) is 6.43. The number of anilines is 2. The highest BCUT2D eigenvalue weighted by atomic mass is 16.2. The van der Waals surface area contributed by atoms with Gasteiger partial charge in [0.15, 0.2) is 0 Å². The SMILES string of the molecule is CN1CCN(Cc2ccc(NC(=O)Nc3ccc(CN4CCN(C)CC4)cc3)cc2)CC1. The molecule has 2 amide bonds. The first-order chi connectivity index (χ1) is 15.5. The van der Waals surface area contributed by atoms with E-state index in [2.05, 4.69) is 68.6 Å². The molecule has 172 valence electrons. The van der Waals surface area contributed by atoms with Crippen LogP contribution in [-0.2, 0) is 13.1 Å². The Morgan fingerprint density at radius 1 is 0.625 bits per heavy atom. The van der Waals surface area contributed by atoms with Gasteiger partial charge in [-0.25, -0.2) is 4.79 Å². The quantitative estimate of drug-likeness (QED) is 0.729. The minimum absolute atomic E-state index is 0.219. The molecule has 2 aromatic rings. The number of nitrogens with zero attached hydrogens (tertiary/aromatic N) is 4. The Bertz CT molecular complexity index is 782. The average molecular weight is 437 g/mol. The van der Waals surface area contributed by atoms with E-state index in [0.29, 0.717) is 0 Å². The summed E-state index contributed by atoms with van der Waals surface area (Å²) in [7, 11) is 4.34. The van der Waals surface area contributed by atoms with Crippen molar-refractivity contribution in [3.05, 3.63) is 59.7 Å². The summed E-state index contributed by atoms with van der Waals surface area (Å²) in [5.74, 6) is 0. The van der Waals surface area contributed by atoms with Crippen molar-refractivity contribution in [1.29, 1.82) is 0 Å². The summed E-state index contributed by atoms with van der Waals surface area (Å²) in [6.45, 7) is 10.8. The summed E-state index contributed by atoms with van der Waals surface area (Å²) in [5.41, 5.74) is 4.15. The molecule has 0 saturated carbocycles. The Morgan fingerprint density at radius 3 is 1.31 bits per heavy atom. The van der Waals surface area contributed by atoms with Gasteiger partial charge < -0.3 is 20.4 Å². The second-order valence-electron chi connectivity index (χ2n) is 9.13. The molecule has 4 rings (SSSR count). The fourth-order valence-corrected chi connectivity index (χ4v) is 4.21. The normalized spacial score (nSPS) is 19.1. The molecule has 2 saturated heterocycles.